The standard InChI is InChI=1S/C15H21NO2/c1-3-13-10-16(7-4-8-18-2)15-9-12(11-17)5-6-14(13)15/h5-6,9-10,17H,3-4,7-8,11H2,1-2H3. The van der Waals surface area contributed by atoms with Gasteiger partial charge < -0.3 is 14.4 Å². The third kappa shape index (κ3) is 2.57. The van der Waals surface area contributed by atoms with Gasteiger partial charge in [-0.1, -0.05) is 19.1 Å². The molecule has 0 unspecified atom stereocenters. The lowest BCUT2D eigenvalue weighted by Crippen LogP contribution is -2.00. The van der Waals surface area contributed by atoms with Gasteiger partial charge in [-0.25, -0.2) is 0 Å². The number of aliphatic hydroxyl groups excluding tert-OH is 1. The van der Waals surface area contributed by atoms with Crippen molar-refractivity contribution in [2.45, 2.75) is 32.9 Å². The van der Waals surface area contributed by atoms with Crippen LogP contribution in [0, 0.1) is 0 Å². The SMILES string of the molecule is CCc1cn(CCCOC)c2cc(CO)ccc12. The molecular weight excluding hydrogens is 226 g/mol. The molecule has 1 N–H and O–H groups in total. The van der Waals surface area contributed by atoms with Crippen molar-refractivity contribution in [1.82, 2.24) is 4.57 Å². The second-order valence-corrected chi connectivity index (χ2v) is 4.56. The summed E-state index contributed by atoms with van der Waals surface area (Å²) in [6.45, 7) is 4.01. The Balaban J connectivity index is 2.37. The second kappa shape index (κ2) is 6.03. The van der Waals surface area contributed by atoms with Crippen molar-refractivity contribution >= 4 is 10.9 Å². The number of nitrogens with zero attached hydrogens (tertiary/aromatic N) is 1. The van der Waals surface area contributed by atoms with Gasteiger partial charge in [-0.3, -0.25) is 0 Å². The number of hydrogen-bond donors (Lipinski definition) is 1. The Kier molecular flexibility index (Phi) is 4.39. The highest BCUT2D eigenvalue weighted by atomic mass is 16.5. The van der Waals surface area contributed by atoms with Crippen LogP contribution in [0.2, 0.25) is 0 Å². The van der Waals surface area contributed by atoms with Crippen LogP contribution in [-0.2, 0) is 24.3 Å². The number of ether oxygens (including phenoxy) is 1. The molecule has 0 aliphatic carbocycles. The summed E-state index contributed by atoms with van der Waals surface area (Å²) in [5, 5.41) is 10.5. The fraction of sp³-hybridized carbons (Fsp3) is 0.467. The van der Waals surface area contributed by atoms with Crippen molar-refractivity contribution in [2.24, 2.45) is 0 Å². The van der Waals surface area contributed by atoms with E-state index in [1.807, 2.05) is 6.07 Å². The van der Waals surface area contributed by atoms with Crippen molar-refractivity contribution in [3.05, 3.63) is 35.5 Å². The molecule has 0 spiro atoms. The van der Waals surface area contributed by atoms with E-state index in [0.29, 0.717) is 0 Å². The average Bonchev–Trinajstić information content (AvgIpc) is 2.76. The highest BCUT2D eigenvalue weighted by molar-refractivity contribution is 5.84. The first-order valence-corrected chi connectivity index (χ1v) is 6.50. The molecule has 98 valence electrons. The van der Waals surface area contributed by atoms with E-state index in [1.54, 1.807) is 7.11 Å². The Morgan fingerprint density at radius 2 is 2.17 bits per heavy atom. The normalized spacial score (nSPS) is 11.3. The lowest BCUT2D eigenvalue weighted by molar-refractivity contribution is 0.190. The molecule has 3 heteroatoms. The molecule has 1 heterocycles. The van der Waals surface area contributed by atoms with Crippen LogP contribution in [0.4, 0.5) is 0 Å². The number of aliphatic hydroxyl groups is 1. The van der Waals surface area contributed by atoms with E-state index in [0.717, 1.165) is 31.6 Å². The van der Waals surface area contributed by atoms with Gasteiger partial charge in [0.1, 0.15) is 0 Å². The van der Waals surface area contributed by atoms with Gasteiger partial charge in [-0.05, 0) is 30.0 Å². The Morgan fingerprint density at radius 3 is 2.83 bits per heavy atom. The van der Waals surface area contributed by atoms with Gasteiger partial charge in [0.2, 0.25) is 0 Å². The van der Waals surface area contributed by atoms with Gasteiger partial charge in [0.25, 0.3) is 0 Å². The van der Waals surface area contributed by atoms with E-state index in [-0.39, 0.29) is 6.61 Å². The van der Waals surface area contributed by atoms with Gasteiger partial charge in [0.15, 0.2) is 0 Å². The number of rotatable bonds is 6. The lowest BCUT2D eigenvalue weighted by Gasteiger charge is -2.05. The zero-order chi connectivity index (χ0) is 13.0. The predicted octanol–water partition coefficient (Wildman–Crippen LogP) is 2.73. The average molecular weight is 247 g/mol. The first-order chi connectivity index (χ1) is 8.80. The Labute approximate surface area is 108 Å². The fourth-order valence-corrected chi connectivity index (χ4v) is 2.36. The topological polar surface area (TPSA) is 34.4 Å². The van der Waals surface area contributed by atoms with Crippen LogP contribution < -0.4 is 0 Å². The summed E-state index contributed by atoms with van der Waals surface area (Å²) in [5.41, 5.74) is 3.55. The zero-order valence-electron chi connectivity index (χ0n) is 11.1. The van der Waals surface area contributed by atoms with Crippen molar-refractivity contribution in [3.8, 4) is 0 Å². The molecule has 0 aliphatic heterocycles. The van der Waals surface area contributed by atoms with E-state index < -0.39 is 0 Å². The summed E-state index contributed by atoms with van der Waals surface area (Å²) in [6, 6.07) is 6.20. The summed E-state index contributed by atoms with van der Waals surface area (Å²) in [6.07, 6.45) is 4.26. The first kappa shape index (κ1) is 13.1. The molecule has 18 heavy (non-hydrogen) atoms. The Bertz CT molecular complexity index is 516. The van der Waals surface area contributed by atoms with Gasteiger partial charge in [-0.15, -0.1) is 0 Å². The molecular formula is C15H21NO2. The van der Waals surface area contributed by atoms with Crippen molar-refractivity contribution < 1.29 is 9.84 Å². The summed E-state index contributed by atoms with van der Waals surface area (Å²) in [4.78, 5) is 0. The third-order valence-electron chi connectivity index (χ3n) is 3.34. The highest BCUT2D eigenvalue weighted by Crippen LogP contribution is 2.23. The maximum absolute atomic E-state index is 9.24. The summed E-state index contributed by atoms with van der Waals surface area (Å²) >= 11 is 0. The van der Waals surface area contributed by atoms with E-state index >= 15 is 0 Å². The van der Waals surface area contributed by atoms with Crippen LogP contribution in [0.5, 0.6) is 0 Å². The van der Waals surface area contributed by atoms with Gasteiger partial charge in [-0.2, -0.15) is 0 Å². The van der Waals surface area contributed by atoms with Gasteiger partial charge in [0, 0.05) is 37.4 Å². The molecule has 0 atom stereocenters. The minimum absolute atomic E-state index is 0.0979. The molecule has 0 fully saturated rings. The monoisotopic (exact) mass is 247 g/mol. The van der Waals surface area contributed by atoms with E-state index in [2.05, 4.69) is 29.8 Å². The molecule has 0 bridgehead atoms. The zero-order valence-corrected chi connectivity index (χ0v) is 11.1. The smallest absolute Gasteiger partial charge is 0.0682 e. The number of fused-ring (bicyclic) bond motifs is 1. The van der Waals surface area contributed by atoms with Crippen LogP contribution >= 0.6 is 0 Å². The third-order valence-corrected chi connectivity index (χ3v) is 3.34. The second-order valence-electron chi connectivity index (χ2n) is 4.56. The highest BCUT2D eigenvalue weighted by Gasteiger charge is 2.07. The number of hydrogen-bond acceptors (Lipinski definition) is 2. The van der Waals surface area contributed by atoms with Crippen molar-refractivity contribution in [3.63, 3.8) is 0 Å². The molecule has 2 rings (SSSR count). The summed E-state index contributed by atoms with van der Waals surface area (Å²) in [5.74, 6) is 0. The summed E-state index contributed by atoms with van der Waals surface area (Å²) < 4.78 is 7.37. The van der Waals surface area contributed by atoms with E-state index in [9.17, 15) is 5.11 Å². The minimum Gasteiger partial charge on any atom is -0.392 e. The Morgan fingerprint density at radius 1 is 1.33 bits per heavy atom. The molecule has 3 nitrogen and oxygen atoms in total. The molecule has 0 amide bonds. The molecule has 0 saturated heterocycles. The van der Waals surface area contributed by atoms with Gasteiger partial charge >= 0.3 is 0 Å². The Hall–Kier alpha value is -1.32. The van der Waals surface area contributed by atoms with Crippen LogP contribution in [0.3, 0.4) is 0 Å². The number of aromatic nitrogens is 1. The maximum Gasteiger partial charge on any atom is 0.0682 e. The fourth-order valence-electron chi connectivity index (χ4n) is 2.36. The van der Waals surface area contributed by atoms with Crippen LogP contribution in [0.25, 0.3) is 10.9 Å². The summed E-state index contributed by atoms with van der Waals surface area (Å²) in [7, 11) is 1.73. The van der Waals surface area contributed by atoms with E-state index in [4.69, 9.17) is 4.74 Å². The first-order valence-electron chi connectivity index (χ1n) is 6.50. The minimum atomic E-state index is 0.0979. The molecule has 0 aliphatic rings. The lowest BCUT2D eigenvalue weighted by atomic mass is 10.1. The van der Waals surface area contributed by atoms with Crippen LogP contribution in [0.15, 0.2) is 24.4 Å². The molecule has 1 aromatic heterocycles. The molecule has 0 radical (unpaired) electrons. The molecule has 1 aromatic carbocycles. The van der Waals surface area contributed by atoms with Crippen molar-refractivity contribution in [2.75, 3.05) is 13.7 Å². The molecule has 2 aromatic rings. The number of methoxy groups -OCH3 is 1. The maximum atomic E-state index is 9.24. The van der Waals surface area contributed by atoms with E-state index in [1.165, 1.54) is 16.5 Å². The number of aryl methyl sites for hydroxylation is 2. The number of benzene rings is 1. The van der Waals surface area contributed by atoms with Crippen LogP contribution in [0.1, 0.15) is 24.5 Å². The largest absolute Gasteiger partial charge is 0.392 e. The molecule has 0 saturated carbocycles. The predicted molar refractivity (Wildman–Crippen MR) is 73.7 cm³/mol. The van der Waals surface area contributed by atoms with Crippen molar-refractivity contribution in [1.29, 1.82) is 0 Å². The van der Waals surface area contributed by atoms with Crippen LogP contribution in [-0.4, -0.2) is 23.4 Å². The quantitative estimate of drug-likeness (QED) is 0.796. The van der Waals surface area contributed by atoms with Gasteiger partial charge in [0.05, 0.1) is 6.61 Å².